The Morgan fingerprint density at radius 3 is 2.57 bits per heavy atom. The standard InChI is InChI=1S/C19H23FN2O/c1-3-22(18-6-4-5-15(2)13-18)12-11-19(23)21-14-16-7-9-17(20)10-8-16/h4-10,13H,3,11-12,14H2,1-2H3,(H,21,23). The summed E-state index contributed by atoms with van der Waals surface area (Å²) < 4.78 is 12.8. The fraction of sp³-hybridized carbons (Fsp3) is 0.316. The minimum Gasteiger partial charge on any atom is -0.371 e. The van der Waals surface area contributed by atoms with E-state index in [9.17, 15) is 9.18 Å². The van der Waals surface area contributed by atoms with Gasteiger partial charge in [0.1, 0.15) is 5.82 Å². The summed E-state index contributed by atoms with van der Waals surface area (Å²) >= 11 is 0. The van der Waals surface area contributed by atoms with Gasteiger partial charge in [0, 0.05) is 31.7 Å². The lowest BCUT2D eigenvalue weighted by molar-refractivity contribution is -0.121. The molecule has 0 saturated heterocycles. The molecular formula is C19H23FN2O. The number of hydrogen-bond donors (Lipinski definition) is 1. The van der Waals surface area contributed by atoms with Gasteiger partial charge in [0.25, 0.3) is 0 Å². The summed E-state index contributed by atoms with van der Waals surface area (Å²) in [5.41, 5.74) is 3.24. The van der Waals surface area contributed by atoms with Gasteiger partial charge < -0.3 is 10.2 Å². The Morgan fingerprint density at radius 2 is 1.91 bits per heavy atom. The second-order valence-electron chi connectivity index (χ2n) is 5.57. The number of carbonyl (C=O) groups excluding carboxylic acids is 1. The van der Waals surface area contributed by atoms with Crippen LogP contribution in [0.5, 0.6) is 0 Å². The molecule has 0 heterocycles. The summed E-state index contributed by atoms with van der Waals surface area (Å²) in [4.78, 5) is 14.2. The molecule has 2 aromatic carbocycles. The fourth-order valence-corrected chi connectivity index (χ4v) is 2.42. The molecule has 0 aromatic heterocycles. The number of benzene rings is 2. The highest BCUT2D eigenvalue weighted by Gasteiger charge is 2.08. The Morgan fingerprint density at radius 1 is 1.17 bits per heavy atom. The van der Waals surface area contributed by atoms with Crippen LogP contribution in [-0.2, 0) is 11.3 Å². The first-order chi connectivity index (χ1) is 11.1. The summed E-state index contributed by atoms with van der Waals surface area (Å²) in [5.74, 6) is -0.266. The first-order valence-corrected chi connectivity index (χ1v) is 7.91. The van der Waals surface area contributed by atoms with Crippen LogP contribution < -0.4 is 10.2 Å². The molecule has 0 radical (unpaired) electrons. The van der Waals surface area contributed by atoms with Crippen LogP contribution in [0, 0.1) is 12.7 Å². The number of hydrogen-bond acceptors (Lipinski definition) is 2. The van der Waals surface area contributed by atoms with Crippen LogP contribution in [0.4, 0.5) is 10.1 Å². The molecule has 0 saturated carbocycles. The average Bonchev–Trinajstić information content (AvgIpc) is 2.55. The number of nitrogens with one attached hydrogen (secondary N) is 1. The van der Waals surface area contributed by atoms with E-state index in [1.165, 1.54) is 17.7 Å². The maximum absolute atomic E-state index is 12.8. The molecule has 0 fully saturated rings. The van der Waals surface area contributed by atoms with Gasteiger partial charge in [-0.15, -0.1) is 0 Å². The molecule has 0 atom stereocenters. The highest BCUT2D eigenvalue weighted by Crippen LogP contribution is 2.15. The predicted molar refractivity (Wildman–Crippen MR) is 91.9 cm³/mol. The highest BCUT2D eigenvalue weighted by atomic mass is 19.1. The zero-order valence-corrected chi connectivity index (χ0v) is 13.7. The Bertz CT molecular complexity index is 640. The monoisotopic (exact) mass is 314 g/mol. The van der Waals surface area contributed by atoms with Gasteiger partial charge >= 0.3 is 0 Å². The van der Waals surface area contributed by atoms with Crippen LogP contribution in [-0.4, -0.2) is 19.0 Å². The lowest BCUT2D eigenvalue weighted by Crippen LogP contribution is -2.30. The lowest BCUT2D eigenvalue weighted by Gasteiger charge is -2.23. The van der Waals surface area contributed by atoms with E-state index in [1.54, 1.807) is 12.1 Å². The van der Waals surface area contributed by atoms with Crippen molar-refractivity contribution in [3.8, 4) is 0 Å². The van der Waals surface area contributed by atoms with E-state index in [0.717, 1.165) is 17.8 Å². The van der Waals surface area contributed by atoms with E-state index in [-0.39, 0.29) is 11.7 Å². The molecule has 0 aliphatic rings. The van der Waals surface area contributed by atoms with Crippen LogP contribution in [0.2, 0.25) is 0 Å². The second kappa shape index (κ2) is 8.32. The van der Waals surface area contributed by atoms with E-state index in [4.69, 9.17) is 0 Å². The van der Waals surface area contributed by atoms with Gasteiger partial charge in [-0.2, -0.15) is 0 Å². The molecule has 23 heavy (non-hydrogen) atoms. The van der Waals surface area contributed by atoms with Crippen LogP contribution in [0.1, 0.15) is 24.5 Å². The minimum atomic E-state index is -0.267. The summed E-state index contributed by atoms with van der Waals surface area (Å²) in [7, 11) is 0. The van der Waals surface area contributed by atoms with Gasteiger partial charge in [-0.1, -0.05) is 24.3 Å². The van der Waals surface area contributed by atoms with Crippen molar-refractivity contribution in [1.82, 2.24) is 5.32 Å². The van der Waals surface area contributed by atoms with Crippen molar-refractivity contribution in [3.05, 3.63) is 65.5 Å². The highest BCUT2D eigenvalue weighted by molar-refractivity contribution is 5.76. The third kappa shape index (κ3) is 5.40. The lowest BCUT2D eigenvalue weighted by atomic mass is 10.2. The Balaban J connectivity index is 1.81. The molecule has 1 amide bonds. The molecule has 0 aliphatic heterocycles. The van der Waals surface area contributed by atoms with E-state index in [0.29, 0.717) is 19.5 Å². The third-order valence-corrected chi connectivity index (χ3v) is 3.76. The summed E-state index contributed by atoms with van der Waals surface area (Å²) in [6.45, 7) is 6.10. The number of halogens is 1. The van der Waals surface area contributed by atoms with Crippen molar-refractivity contribution in [1.29, 1.82) is 0 Å². The van der Waals surface area contributed by atoms with E-state index in [2.05, 4.69) is 42.3 Å². The SMILES string of the molecule is CCN(CCC(=O)NCc1ccc(F)cc1)c1cccc(C)c1. The van der Waals surface area contributed by atoms with Crippen molar-refractivity contribution in [2.75, 3.05) is 18.0 Å². The molecule has 0 spiro atoms. The maximum atomic E-state index is 12.8. The average molecular weight is 314 g/mol. The maximum Gasteiger partial charge on any atom is 0.222 e. The molecule has 0 unspecified atom stereocenters. The van der Waals surface area contributed by atoms with Gasteiger partial charge in [0.15, 0.2) is 0 Å². The van der Waals surface area contributed by atoms with Gasteiger partial charge in [-0.05, 0) is 49.2 Å². The fourth-order valence-electron chi connectivity index (χ4n) is 2.42. The van der Waals surface area contributed by atoms with E-state index < -0.39 is 0 Å². The molecule has 2 aromatic rings. The van der Waals surface area contributed by atoms with E-state index in [1.807, 2.05) is 6.07 Å². The van der Waals surface area contributed by atoms with Gasteiger partial charge in [0.05, 0.1) is 0 Å². The second-order valence-corrected chi connectivity index (χ2v) is 5.57. The smallest absolute Gasteiger partial charge is 0.222 e. The van der Waals surface area contributed by atoms with Gasteiger partial charge in [-0.25, -0.2) is 4.39 Å². The van der Waals surface area contributed by atoms with Crippen LogP contribution in [0.25, 0.3) is 0 Å². The summed E-state index contributed by atoms with van der Waals surface area (Å²) in [5, 5.41) is 2.87. The zero-order valence-electron chi connectivity index (χ0n) is 13.7. The topological polar surface area (TPSA) is 32.3 Å². The van der Waals surface area contributed by atoms with Gasteiger partial charge in [-0.3, -0.25) is 4.79 Å². The number of anilines is 1. The number of nitrogens with zero attached hydrogens (tertiary/aromatic N) is 1. The normalized spacial score (nSPS) is 10.4. The summed E-state index contributed by atoms with van der Waals surface area (Å²) in [6, 6.07) is 14.4. The molecule has 0 aliphatic carbocycles. The molecule has 4 heteroatoms. The van der Waals surface area contributed by atoms with Crippen molar-refractivity contribution in [2.45, 2.75) is 26.8 Å². The van der Waals surface area contributed by atoms with E-state index >= 15 is 0 Å². The Labute approximate surface area is 137 Å². The van der Waals surface area contributed by atoms with Crippen molar-refractivity contribution in [3.63, 3.8) is 0 Å². The first-order valence-electron chi connectivity index (χ1n) is 7.91. The molecule has 122 valence electrons. The number of carbonyl (C=O) groups is 1. The number of amides is 1. The van der Waals surface area contributed by atoms with Crippen molar-refractivity contribution < 1.29 is 9.18 Å². The van der Waals surface area contributed by atoms with Crippen molar-refractivity contribution in [2.24, 2.45) is 0 Å². The third-order valence-electron chi connectivity index (χ3n) is 3.76. The van der Waals surface area contributed by atoms with Crippen LogP contribution in [0.15, 0.2) is 48.5 Å². The summed E-state index contributed by atoms with van der Waals surface area (Å²) in [6.07, 6.45) is 0.434. The number of rotatable bonds is 7. The quantitative estimate of drug-likeness (QED) is 0.846. The molecule has 0 bridgehead atoms. The first kappa shape index (κ1) is 17.0. The van der Waals surface area contributed by atoms with Gasteiger partial charge in [0.2, 0.25) is 5.91 Å². The number of aryl methyl sites for hydroxylation is 1. The molecule has 3 nitrogen and oxygen atoms in total. The minimum absolute atomic E-state index is 0.000396. The van der Waals surface area contributed by atoms with Crippen LogP contribution >= 0.6 is 0 Å². The van der Waals surface area contributed by atoms with Crippen LogP contribution in [0.3, 0.4) is 0 Å². The van der Waals surface area contributed by atoms with Crippen molar-refractivity contribution >= 4 is 11.6 Å². The molecular weight excluding hydrogens is 291 g/mol. The Kier molecular flexibility index (Phi) is 6.15. The Hall–Kier alpha value is -2.36. The predicted octanol–water partition coefficient (Wildman–Crippen LogP) is 3.67. The largest absolute Gasteiger partial charge is 0.371 e. The molecule has 1 N–H and O–H groups in total. The molecule has 2 rings (SSSR count). The zero-order chi connectivity index (χ0) is 16.7.